The zero-order valence-electron chi connectivity index (χ0n) is 10.8. The number of carbonyl (C=O) groups is 1. The number of non-ortho nitro benzene ring substituents is 1. The number of nitrogens with one attached hydrogen (secondary N) is 2. The number of nitrogens with zero attached hydrogens (tertiary/aromatic N) is 1. The van der Waals surface area contributed by atoms with E-state index in [1.807, 2.05) is 13.8 Å². The first-order chi connectivity index (χ1) is 8.90. The highest BCUT2D eigenvalue weighted by Crippen LogP contribution is 2.15. The second-order valence-corrected chi connectivity index (χ2v) is 4.45. The molecular weight excluding hydrogens is 250 g/mol. The first-order valence-electron chi connectivity index (χ1n) is 5.87. The Morgan fingerprint density at radius 1 is 1.37 bits per heavy atom. The summed E-state index contributed by atoms with van der Waals surface area (Å²) in [7, 11) is 0. The molecule has 19 heavy (non-hydrogen) atoms. The number of benzene rings is 1. The maximum atomic E-state index is 11.5. The SMILES string of the molecule is CC(C)C(O)CNC(=O)Nc1ccc([N+](=O)[O-])cc1. The first kappa shape index (κ1) is 14.9. The molecule has 0 saturated heterocycles. The van der Waals surface area contributed by atoms with Gasteiger partial charge in [-0.2, -0.15) is 0 Å². The summed E-state index contributed by atoms with van der Waals surface area (Å²) >= 11 is 0. The van der Waals surface area contributed by atoms with Gasteiger partial charge in [0.2, 0.25) is 0 Å². The summed E-state index contributed by atoms with van der Waals surface area (Å²) in [5, 5.41) is 25.0. The maximum absolute atomic E-state index is 11.5. The largest absolute Gasteiger partial charge is 0.391 e. The van der Waals surface area contributed by atoms with Gasteiger partial charge in [-0.05, 0) is 18.1 Å². The fraction of sp³-hybridized carbons (Fsp3) is 0.417. The van der Waals surface area contributed by atoms with E-state index in [1.54, 1.807) is 0 Å². The van der Waals surface area contributed by atoms with Crippen LogP contribution in [0.5, 0.6) is 0 Å². The minimum Gasteiger partial charge on any atom is -0.391 e. The molecule has 3 N–H and O–H groups in total. The standard InChI is InChI=1S/C12H17N3O4/c1-8(2)11(16)7-13-12(17)14-9-3-5-10(6-4-9)15(18)19/h3-6,8,11,16H,7H2,1-2H3,(H2,13,14,17). The molecule has 0 aliphatic rings. The Balaban J connectivity index is 2.46. The maximum Gasteiger partial charge on any atom is 0.319 e. The van der Waals surface area contributed by atoms with Crippen LogP contribution in [-0.2, 0) is 0 Å². The molecule has 7 heteroatoms. The van der Waals surface area contributed by atoms with Gasteiger partial charge in [0.1, 0.15) is 0 Å². The molecule has 1 unspecified atom stereocenters. The Morgan fingerprint density at radius 3 is 2.42 bits per heavy atom. The smallest absolute Gasteiger partial charge is 0.319 e. The van der Waals surface area contributed by atoms with Crippen LogP contribution in [0.2, 0.25) is 0 Å². The Hall–Kier alpha value is -2.15. The number of urea groups is 1. The summed E-state index contributed by atoms with van der Waals surface area (Å²) in [6, 6.07) is 5.03. The molecule has 0 bridgehead atoms. The van der Waals surface area contributed by atoms with Crippen LogP contribution < -0.4 is 10.6 Å². The molecule has 0 fully saturated rings. The van der Waals surface area contributed by atoms with Gasteiger partial charge in [0.25, 0.3) is 5.69 Å². The van der Waals surface area contributed by atoms with Crippen LogP contribution in [-0.4, -0.2) is 28.7 Å². The summed E-state index contributed by atoms with van der Waals surface area (Å²) in [6.45, 7) is 3.84. The van der Waals surface area contributed by atoms with Crippen molar-refractivity contribution in [3.63, 3.8) is 0 Å². The van der Waals surface area contributed by atoms with Crippen LogP contribution in [0.4, 0.5) is 16.2 Å². The Kier molecular flexibility index (Phi) is 5.25. The van der Waals surface area contributed by atoms with E-state index in [1.165, 1.54) is 24.3 Å². The van der Waals surface area contributed by atoms with E-state index >= 15 is 0 Å². The summed E-state index contributed by atoms with van der Waals surface area (Å²) in [6.07, 6.45) is -0.609. The van der Waals surface area contributed by atoms with Gasteiger partial charge in [-0.15, -0.1) is 0 Å². The molecule has 2 amide bonds. The van der Waals surface area contributed by atoms with Crippen LogP contribution in [0.25, 0.3) is 0 Å². The molecule has 0 aliphatic heterocycles. The second-order valence-electron chi connectivity index (χ2n) is 4.45. The quantitative estimate of drug-likeness (QED) is 0.558. The predicted octanol–water partition coefficient (Wildman–Crippen LogP) is 1.73. The number of aliphatic hydroxyl groups excluding tert-OH is 1. The highest BCUT2D eigenvalue weighted by atomic mass is 16.6. The van der Waals surface area contributed by atoms with E-state index in [9.17, 15) is 20.0 Å². The van der Waals surface area contributed by atoms with Crippen LogP contribution in [0, 0.1) is 16.0 Å². The lowest BCUT2D eigenvalue weighted by atomic mass is 10.1. The molecule has 0 saturated carbocycles. The van der Waals surface area contributed by atoms with E-state index in [0.29, 0.717) is 5.69 Å². The van der Waals surface area contributed by atoms with Gasteiger partial charge in [-0.1, -0.05) is 13.8 Å². The molecule has 0 heterocycles. The van der Waals surface area contributed by atoms with Crippen molar-refractivity contribution in [2.45, 2.75) is 20.0 Å². The number of hydrogen-bond donors (Lipinski definition) is 3. The van der Waals surface area contributed by atoms with Gasteiger partial charge in [-0.25, -0.2) is 4.79 Å². The van der Waals surface area contributed by atoms with Gasteiger partial charge in [0, 0.05) is 24.4 Å². The van der Waals surface area contributed by atoms with E-state index in [-0.39, 0.29) is 18.2 Å². The van der Waals surface area contributed by atoms with E-state index in [2.05, 4.69) is 10.6 Å². The summed E-state index contributed by atoms with van der Waals surface area (Å²) in [5.41, 5.74) is 0.406. The molecule has 7 nitrogen and oxygen atoms in total. The molecule has 1 aromatic rings. The van der Waals surface area contributed by atoms with E-state index in [4.69, 9.17) is 0 Å². The Morgan fingerprint density at radius 2 is 1.95 bits per heavy atom. The first-order valence-corrected chi connectivity index (χ1v) is 5.87. The van der Waals surface area contributed by atoms with Crippen LogP contribution in [0.3, 0.4) is 0 Å². The highest BCUT2D eigenvalue weighted by Gasteiger charge is 2.11. The zero-order valence-corrected chi connectivity index (χ0v) is 10.8. The van der Waals surface area contributed by atoms with Crippen LogP contribution in [0.15, 0.2) is 24.3 Å². The summed E-state index contributed by atoms with van der Waals surface area (Å²) in [5.74, 6) is 0.0553. The van der Waals surface area contributed by atoms with Crippen molar-refractivity contribution in [2.75, 3.05) is 11.9 Å². The number of amides is 2. The molecule has 0 aromatic heterocycles. The monoisotopic (exact) mass is 267 g/mol. The highest BCUT2D eigenvalue weighted by molar-refractivity contribution is 5.89. The predicted molar refractivity (Wildman–Crippen MR) is 71.0 cm³/mol. The fourth-order valence-corrected chi connectivity index (χ4v) is 1.27. The molecule has 104 valence electrons. The molecule has 1 rings (SSSR count). The van der Waals surface area contributed by atoms with Crippen molar-refractivity contribution in [3.8, 4) is 0 Å². The van der Waals surface area contributed by atoms with E-state index < -0.39 is 17.1 Å². The third-order valence-corrected chi connectivity index (χ3v) is 2.58. The van der Waals surface area contributed by atoms with Crippen molar-refractivity contribution >= 4 is 17.4 Å². The van der Waals surface area contributed by atoms with Crippen LogP contribution in [0.1, 0.15) is 13.8 Å². The molecule has 0 spiro atoms. The third-order valence-electron chi connectivity index (χ3n) is 2.58. The lowest BCUT2D eigenvalue weighted by molar-refractivity contribution is -0.384. The number of nitro benzene ring substituents is 1. The van der Waals surface area contributed by atoms with Crippen molar-refractivity contribution in [1.29, 1.82) is 0 Å². The average Bonchev–Trinajstić information content (AvgIpc) is 2.36. The van der Waals surface area contributed by atoms with Gasteiger partial charge in [0.05, 0.1) is 11.0 Å². The molecule has 0 radical (unpaired) electrons. The Labute approximate surface area is 110 Å². The van der Waals surface area contributed by atoms with Gasteiger partial charge >= 0.3 is 6.03 Å². The lowest BCUT2D eigenvalue weighted by Crippen LogP contribution is -2.37. The van der Waals surface area contributed by atoms with Crippen molar-refractivity contribution in [3.05, 3.63) is 34.4 Å². The topological polar surface area (TPSA) is 104 Å². The van der Waals surface area contributed by atoms with Crippen LogP contribution >= 0.6 is 0 Å². The molecule has 1 aromatic carbocycles. The minimum absolute atomic E-state index is 0.0406. The van der Waals surface area contributed by atoms with E-state index in [0.717, 1.165) is 0 Å². The number of aliphatic hydroxyl groups is 1. The second kappa shape index (κ2) is 6.69. The lowest BCUT2D eigenvalue weighted by Gasteiger charge is -2.15. The molecule has 0 aliphatic carbocycles. The Bertz CT molecular complexity index is 445. The number of hydrogen-bond acceptors (Lipinski definition) is 4. The number of nitro groups is 1. The van der Waals surface area contributed by atoms with Crippen molar-refractivity contribution in [2.24, 2.45) is 5.92 Å². The van der Waals surface area contributed by atoms with Crippen molar-refractivity contribution in [1.82, 2.24) is 5.32 Å². The normalized spacial score (nSPS) is 12.0. The number of anilines is 1. The van der Waals surface area contributed by atoms with Gasteiger partial charge in [-0.3, -0.25) is 10.1 Å². The summed E-state index contributed by atoms with van der Waals surface area (Å²) < 4.78 is 0. The third kappa shape index (κ3) is 4.92. The van der Waals surface area contributed by atoms with Gasteiger partial charge < -0.3 is 15.7 Å². The molecular formula is C12H17N3O4. The fourth-order valence-electron chi connectivity index (χ4n) is 1.27. The average molecular weight is 267 g/mol. The molecule has 1 atom stereocenters. The number of carbonyl (C=O) groups excluding carboxylic acids is 1. The minimum atomic E-state index is -0.609. The zero-order chi connectivity index (χ0) is 14.4. The number of rotatable bonds is 5. The van der Waals surface area contributed by atoms with Crippen molar-refractivity contribution < 1.29 is 14.8 Å². The summed E-state index contributed by atoms with van der Waals surface area (Å²) in [4.78, 5) is 21.4. The van der Waals surface area contributed by atoms with Gasteiger partial charge in [0.15, 0.2) is 0 Å².